The summed E-state index contributed by atoms with van der Waals surface area (Å²) < 4.78 is 5.46. The lowest BCUT2D eigenvalue weighted by Crippen LogP contribution is -1.99. The normalized spacial score (nSPS) is 12.2. The summed E-state index contributed by atoms with van der Waals surface area (Å²) in [5, 5.41) is 0. The molecule has 1 radical (unpaired) electrons. The lowest BCUT2D eigenvalue weighted by molar-refractivity contribution is 0.404. The van der Waals surface area contributed by atoms with Gasteiger partial charge in [-0.25, -0.2) is 0 Å². The number of hydrogen-bond acceptors (Lipinski definition) is 1. The average Bonchev–Trinajstić information content (AvgIpc) is 2.28. The Morgan fingerprint density at radius 2 is 2.20 bits per heavy atom. The molecule has 1 aromatic rings. The summed E-state index contributed by atoms with van der Waals surface area (Å²) in [4.78, 5) is 0. The molecule has 0 N–H and O–H groups in total. The summed E-state index contributed by atoms with van der Waals surface area (Å²) in [5.74, 6) is 1.07. The van der Waals surface area contributed by atoms with Crippen LogP contribution >= 0.6 is 0 Å². The smallest absolute Gasteiger partial charge is 0.125 e. The van der Waals surface area contributed by atoms with E-state index in [1.807, 2.05) is 6.08 Å². The van der Waals surface area contributed by atoms with Gasteiger partial charge in [0.05, 0.1) is 7.11 Å². The van der Waals surface area contributed by atoms with Gasteiger partial charge in [-0.15, -0.1) is 6.58 Å². The molecule has 15 heavy (non-hydrogen) atoms. The maximum absolute atomic E-state index is 5.46. The average molecular weight is 203 g/mol. The monoisotopic (exact) mass is 203 g/mol. The molecule has 0 spiro atoms. The molecule has 0 bridgehead atoms. The van der Waals surface area contributed by atoms with Crippen LogP contribution < -0.4 is 4.74 Å². The highest BCUT2D eigenvalue weighted by Crippen LogP contribution is 2.31. The first-order valence-corrected chi connectivity index (χ1v) is 5.36. The number of para-hydroxylation sites is 1. The number of rotatable bonds is 5. The standard InChI is InChI=1S/C14H19O/c1-5-8-12-9-7-10-13(11(3)6-2)14(12)15-4/h6-7,9-11H,2-3,5,8H2,1,4H3. The molecule has 0 aromatic heterocycles. The van der Waals surface area contributed by atoms with E-state index in [-0.39, 0.29) is 5.92 Å². The number of hydrogen-bond donors (Lipinski definition) is 0. The number of methoxy groups -OCH3 is 1. The van der Waals surface area contributed by atoms with Crippen molar-refractivity contribution in [2.45, 2.75) is 25.7 Å². The van der Waals surface area contributed by atoms with Crippen molar-refractivity contribution in [3.8, 4) is 5.75 Å². The Morgan fingerprint density at radius 1 is 1.47 bits per heavy atom. The topological polar surface area (TPSA) is 9.23 Å². The summed E-state index contributed by atoms with van der Waals surface area (Å²) in [5.41, 5.74) is 2.38. The van der Waals surface area contributed by atoms with Gasteiger partial charge in [0.25, 0.3) is 0 Å². The van der Waals surface area contributed by atoms with Crippen molar-refractivity contribution < 1.29 is 4.74 Å². The van der Waals surface area contributed by atoms with E-state index in [0.717, 1.165) is 24.2 Å². The fourth-order valence-corrected chi connectivity index (χ4v) is 1.74. The van der Waals surface area contributed by atoms with E-state index in [4.69, 9.17) is 4.74 Å². The number of aryl methyl sites for hydroxylation is 1. The minimum atomic E-state index is 0.0942. The highest BCUT2D eigenvalue weighted by atomic mass is 16.5. The van der Waals surface area contributed by atoms with Gasteiger partial charge in [0, 0.05) is 11.5 Å². The second-order valence-corrected chi connectivity index (χ2v) is 3.63. The van der Waals surface area contributed by atoms with E-state index >= 15 is 0 Å². The van der Waals surface area contributed by atoms with Crippen LogP contribution in [0.2, 0.25) is 0 Å². The van der Waals surface area contributed by atoms with Crippen molar-refractivity contribution in [2.75, 3.05) is 7.11 Å². The Kier molecular flexibility index (Phi) is 4.41. The Bertz CT molecular complexity index is 328. The van der Waals surface area contributed by atoms with Gasteiger partial charge in [-0.05, 0) is 18.9 Å². The molecular formula is C14H19O. The van der Waals surface area contributed by atoms with Gasteiger partial charge in [0.1, 0.15) is 5.75 Å². The second-order valence-electron chi connectivity index (χ2n) is 3.63. The quantitative estimate of drug-likeness (QED) is 0.662. The van der Waals surface area contributed by atoms with Crippen molar-refractivity contribution in [3.63, 3.8) is 0 Å². The first-order valence-electron chi connectivity index (χ1n) is 5.36. The van der Waals surface area contributed by atoms with Crippen molar-refractivity contribution in [1.82, 2.24) is 0 Å². The largest absolute Gasteiger partial charge is 0.496 e. The summed E-state index contributed by atoms with van der Waals surface area (Å²) in [7, 11) is 1.72. The van der Waals surface area contributed by atoms with Crippen molar-refractivity contribution in [2.24, 2.45) is 0 Å². The molecule has 81 valence electrons. The van der Waals surface area contributed by atoms with Gasteiger partial charge in [0.2, 0.25) is 0 Å². The first-order chi connectivity index (χ1) is 7.24. The van der Waals surface area contributed by atoms with Crippen LogP contribution in [0.5, 0.6) is 5.75 Å². The van der Waals surface area contributed by atoms with Crippen LogP contribution in [0.3, 0.4) is 0 Å². The van der Waals surface area contributed by atoms with E-state index in [0.29, 0.717) is 0 Å². The molecule has 0 aliphatic carbocycles. The maximum Gasteiger partial charge on any atom is 0.125 e. The minimum Gasteiger partial charge on any atom is -0.496 e. The lowest BCUT2D eigenvalue weighted by atomic mass is 9.96. The zero-order valence-corrected chi connectivity index (χ0v) is 9.62. The van der Waals surface area contributed by atoms with E-state index in [2.05, 4.69) is 38.6 Å². The Morgan fingerprint density at radius 3 is 2.73 bits per heavy atom. The van der Waals surface area contributed by atoms with Crippen LogP contribution in [0, 0.1) is 6.92 Å². The summed E-state index contributed by atoms with van der Waals surface area (Å²) in [6, 6.07) is 6.23. The van der Waals surface area contributed by atoms with Crippen molar-refractivity contribution in [3.05, 3.63) is 48.9 Å². The van der Waals surface area contributed by atoms with Gasteiger partial charge in [-0.2, -0.15) is 0 Å². The molecule has 1 rings (SSSR count). The Hall–Kier alpha value is -1.24. The molecule has 1 unspecified atom stereocenters. The van der Waals surface area contributed by atoms with Gasteiger partial charge < -0.3 is 4.74 Å². The summed E-state index contributed by atoms with van der Waals surface area (Å²) >= 11 is 0. The Labute approximate surface area is 92.8 Å². The molecule has 1 nitrogen and oxygen atoms in total. The van der Waals surface area contributed by atoms with E-state index in [1.54, 1.807) is 7.11 Å². The SMILES string of the molecule is [CH2]C(C=C)c1cccc(CCC)c1OC. The third-order valence-electron chi connectivity index (χ3n) is 2.53. The highest BCUT2D eigenvalue weighted by Gasteiger charge is 2.11. The lowest BCUT2D eigenvalue weighted by Gasteiger charge is -2.15. The number of allylic oxidation sites excluding steroid dienone is 1. The third-order valence-corrected chi connectivity index (χ3v) is 2.53. The first kappa shape index (κ1) is 11.8. The minimum absolute atomic E-state index is 0.0942. The van der Waals surface area contributed by atoms with Gasteiger partial charge in [-0.3, -0.25) is 0 Å². The molecule has 0 heterocycles. The molecule has 1 atom stereocenters. The van der Waals surface area contributed by atoms with E-state index in [1.165, 1.54) is 5.56 Å². The molecule has 0 saturated carbocycles. The molecular weight excluding hydrogens is 184 g/mol. The van der Waals surface area contributed by atoms with Crippen LogP contribution in [0.4, 0.5) is 0 Å². The number of ether oxygens (including phenoxy) is 1. The van der Waals surface area contributed by atoms with Gasteiger partial charge in [0.15, 0.2) is 0 Å². The molecule has 0 amide bonds. The second kappa shape index (κ2) is 5.59. The number of benzene rings is 1. The summed E-state index contributed by atoms with van der Waals surface area (Å²) in [6.45, 7) is 9.98. The molecule has 0 aliphatic rings. The predicted octanol–water partition coefficient (Wildman–Crippen LogP) is 3.75. The van der Waals surface area contributed by atoms with Gasteiger partial charge in [-0.1, -0.05) is 37.6 Å². The van der Waals surface area contributed by atoms with E-state index < -0.39 is 0 Å². The summed E-state index contributed by atoms with van der Waals surface area (Å²) in [6.07, 6.45) is 4.00. The molecule has 1 heteroatoms. The molecule has 1 aromatic carbocycles. The molecule has 0 fully saturated rings. The van der Waals surface area contributed by atoms with Crippen molar-refractivity contribution >= 4 is 0 Å². The predicted molar refractivity (Wildman–Crippen MR) is 65.3 cm³/mol. The van der Waals surface area contributed by atoms with Crippen LogP contribution in [0.15, 0.2) is 30.9 Å². The van der Waals surface area contributed by atoms with Crippen LogP contribution in [0.25, 0.3) is 0 Å². The fourth-order valence-electron chi connectivity index (χ4n) is 1.74. The molecule has 0 aliphatic heterocycles. The van der Waals surface area contributed by atoms with Crippen molar-refractivity contribution in [1.29, 1.82) is 0 Å². The van der Waals surface area contributed by atoms with Crippen LogP contribution in [-0.2, 0) is 6.42 Å². The third kappa shape index (κ3) is 2.62. The van der Waals surface area contributed by atoms with Crippen LogP contribution in [0.1, 0.15) is 30.4 Å². The maximum atomic E-state index is 5.46. The van der Waals surface area contributed by atoms with Crippen LogP contribution in [-0.4, -0.2) is 7.11 Å². The zero-order chi connectivity index (χ0) is 11.3. The highest BCUT2D eigenvalue weighted by molar-refractivity contribution is 5.45. The van der Waals surface area contributed by atoms with E-state index in [9.17, 15) is 0 Å². The van der Waals surface area contributed by atoms with Gasteiger partial charge >= 0.3 is 0 Å². The molecule has 0 saturated heterocycles. The fraction of sp³-hybridized carbons (Fsp3) is 0.357. The zero-order valence-electron chi connectivity index (χ0n) is 9.62. The Balaban J connectivity index is 3.15.